The van der Waals surface area contributed by atoms with Crippen molar-refractivity contribution in [3.63, 3.8) is 0 Å². The largest absolute Gasteiger partial charge is 0.481 e. The maximum absolute atomic E-state index is 12.2. The van der Waals surface area contributed by atoms with Gasteiger partial charge in [0, 0.05) is 12.0 Å². The highest BCUT2D eigenvalue weighted by Crippen LogP contribution is 2.36. The lowest BCUT2D eigenvalue weighted by molar-refractivity contribution is -0.182. The molecule has 2 N–H and O–H groups in total. The van der Waals surface area contributed by atoms with Gasteiger partial charge in [0.05, 0.1) is 18.1 Å². The molecule has 0 heterocycles. The second kappa shape index (κ2) is 5.59. The number of alkyl halides is 3. The van der Waals surface area contributed by atoms with Crippen LogP contribution in [0, 0.1) is 5.92 Å². The second-order valence-electron chi connectivity index (χ2n) is 5.84. The van der Waals surface area contributed by atoms with Crippen LogP contribution in [0.3, 0.4) is 0 Å². The molecule has 8 heteroatoms. The van der Waals surface area contributed by atoms with Crippen molar-refractivity contribution in [2.24, 2.45) is 5.92 Å². The van der Waals surface area contributed by atoms with Gasteiger partial charge in [-0.1, -0.05) is 0 Å². The molecule has 0 saturated heterocycles. The van der Waals surface area contributed by atoms with Crippen LogP contribution in [0.1, 0.15) is 33.6 Å². The molecule has 0 aromatic heterocycles. The van der Waals surface area contributed by atoms with Crippen LogP contribution in [0.15, 0.2) is 0 Å². The first kappa shape index (κ1) is 16.7. The minimum absolute atomic E-state index is 0.178. The minimum atomic E-state index is -4.97. The fraction of sp³-hybridized carbons (Fsp3) is 0.833. The molecule has 0 aromatic carbocycles. The molecule has 5 nitrogen and oxygen atoms in total. The number of amides is 1. The summed E-state index contributed by atoms with van der Waals surface area (Å²) in [5.41, 5.74) is -0.527. The number of ether oxygens (including phenoxy) is 1. The van der Waals surface area contributed by atoms with Gasteiger partial charge < -0.3 is 15.2 Å². The Labute approximate surface area is 114 Å². The highest BCUT2D eigenvalue weighted by atomic mass is 19.4. The lowest BCUT2D eigenvalue weighted by Gasteiger charge is -2.46. The van der Waals surface area contributed by atoms with Crippen LogP contribution in [-0.2, 0) is 14.3 Å². The Morgan fingerprint density at radius 3 is 2.25 bits per heavy atom. The van der Waals surface area contributed by atoms with Gasteiger partial charge in [0.1, 0.15) is 0 Å². The number of hydrogen-bond donors (Lipinski definition) is 2. The zero-order valence-electron chi connectivity index (χ0n) is 11.5. The maximum Gasteiger partial charge on any atom is 0.471 e. The van der Waals surface area contributed by atoms with Crippen molar-refractivity contribution in [1.29, 1.82) is 0 Å². The molecular formula is C12H18F3NO4. The predicted octanol–water partition coefficient (Wildman–Crippen LogP) is 1.71. The summed E-state index contributed by atoms with van der Waals surface area (Å²) in [7, 11) is 0. The molecule has 1 aliphatic rings. The monoisotopic (exact) mass is 297 g/mol. The topological polar surface area (TPSA) is 75.6 Å². The number of halogens is 3. The highest BCUT2D eigenvalue weighted by molar-refractivity contribution is 5.82. The van der Waals surface area contributed by atoms with E-state index in [1.165, 1.54) is 0 Å². The van der Waals surface area contributed by atoms with Gasteiger partial charge >= 0.3 is 18.1 Å². The minimum Gasteiger partial charge on any atom is -0.481 e. The summed E-state index contributed by atoms with van der Waals surface area (Å²) in [4.78, 5) is 21.6. The molecule has 3 atom stereocenters. The first-order chi connectivity index (χ1) is 8.90. The van der Waals surface area contributed by atoms with Gasteiger partial charge in [-0.15, -0.1) is 0 Å². The van der Waals surface area contributed by atoms with Crippen molar-refractivity contribution in [3.05, 3.63) is 0 Å². The molecule has 1 aliphatic carbocycles. The van der Waals surface area contributed by atoms with E-state index in [4.69, 9.17) is 9.84 Å². The third kappa shape index (κ3) is 4.66. The number of carbonyl (C=O) groups excluding carboxylic acids is 1. The molecule has 0 spiro atoms. The first-order valence-electron chi connectivity index (χ1n) is 6.17. The van der Waals surface area contributed by atoms with Gasteiger partial charge in [-0.05, 0) is 27.2 Å². The van der Waals surface area contributed by atoms with E-state index in [0.717, 1.165) is 0 Å². The Bertz CT molecular complexity index is 389. The molecule has 1 saturated carbocycles. The fourth-order valence-corrected chi connectivity index (χ4v) is 2.14. The van der Waals surface area contributed by atoms with Gasteiger partial charge in [-0.25, -0.2) is 0 Å². The van der Waals surface area contributed by atoms with Crippen molar-refractivity contribution < 1.29 is 32.6 Å². The van der Waals surface area contributed by atoms with E-state index in [1.807, 2.05) is 5.32 Å². The maximum atomic E-state index is 12.2. The molecule has 1 fully saturated rings. The van der Waals surface area contributed by atoms with Crippen molar-refractivity contribution in [3.8, 4) is 0 Å². The SMILES string of the molecule is CC(C)(C)O[C@@H]1C[C@H](NC(=O)C(F)(F)F)[C@H]1CC(=O)O. The number of hydrogen-bond acceptors (Lipinski definition) is 3. The molecule has 0 aromatic rings. The van der Waals surface area contributed by atoms with Gasteiger partial charge in [0.15, 0.2) is 0 Å². The quantitative estimate of drug-likeness (QED) is 0.828. The third-order valence-electron chi connectivity index (χ3n) is 2.97. The van der Waals surface area contributed by atoms with E-state index >= 15 is 0 Å². The molecular weight excluding hydrogens is 279 g/mol. The first-order valence-corrected chi connectivity index (χ1v) is 6.17. The smallest absolute Gasteiger partial charge is 0.471 e. The Kier molecular flexibility index (Phi) is 4.68. The van der Waals surface area contributed by atoms with Crippen LogP contribution in [0.25, 0.3) is 0 Å². The third-order valence-corrected chi connectivity index (χ3v) is 2.97. The number of aliphatic carboxylic acids is 1. The summed E-state index contributed by atoms with van der Waals surface area (Å²) in [6, 6.07) is -0.826. The van der Waals surface area contributed by atoms with E-state index in [-0.39, 0.29) is 12.8 Å². The average molecular weight is 297 g/mol. The van der Waals surface area contributed by atoms with Crippen molar-refractivity contribution in [2.75, 3.05) is 0 Å². The van der Waals surface area contributed by atoms with Crippen LogP contribution in [-0.4, -0.2) is 40.9 Å². The van der Waals surface area contributed by atoms with Gasteiger partial charge in [0.2, 0.25) is 0 Å². The molecule has 20 heavy (non-hydrogen) atoms. The fourth-order valence-electron chi connectivity index (χ4n) is 2.14. The Balaban J connectivity index is 2.65. The zero-order chi connectivity index (χ0) is 15.7. The molecule has 0 unspecified atom stereocenters. The summed E-state index contributed by atoms with van der Waals surface area (Å²) in [6.45, 7) is 5.31. The van der Waals surface area contributed by atoms with E-state index in [9.17, 15) is 22.8 Å². The summed E-state index contributed by atoms with van der Waals surface area (Å²) >= 11 is 0. The summed E-state index contributed by atoms with van der Waals surface area (Å²) in [5, 5.41) is 10.6. The Morgan fingerprint density at radius 2 is 1.85 bits per heavy atom. The standard InChI is InChI=1S/C12H18F3NO4/c1-11(2,3)20-8-5-7(6(8)4-9(17)18)16-10(19)12(13,14)15/h6-8H,4-5H2,1-3H3,(H,16,19)(H,17,18)/t6-,7+,8-/m1/s1. The van der Waals surface area contributed by atoms with Gasteiger partial charge in [-0.3, -0.25) is 9.59 Å². The second-order valence-corrected chi connectivity index (χ2v) is 5.84. The van der Waals surface area contributed by atoms with Crippen LogP contribution >= 0.6 is 0 Å². The Morgan fingerprint density at radius 1 is 1.30 bits per heavy atom. The molecule has 0 radical (unpaired) electrons. The molecule has 0 bridgehead atoms. The Hall–Kier alpha value is -1.31. The zero-order valence-corrected chi connectivity index (χ0v) is 11.5. The predicted molar refractivity (Wildman–Crippen MR) is 63.0 cm³/mol. The normalized spacial score (nSPS) is 26.8. The van der Waals surface area contributed by atoms with Crippen molar-refractivity contribution in [1.82, 2.24) is 5.32 Å². The van der Waals surface area contributed by atoms with Crippen LogP contribution in [0.4, 0.5) is 13.2 Å². The molecule has 1 rings (SSSR count). The number of rotatable bonds is 4. The van der Waals surface area contributed by atoms with E-state index in [1.54, 1.807) is 20.8 Å². The number of carbonyl (C=O) groups is 2. The van der Waals surface area contributed by atoms with Crippen LogP contribution in [0.2, 0.25) is 0 Å². The summed E-state index contributed by atoms with van der Waals surface area (Å²) in [5.74, 6) is -3.84. The molecule has 116 valence electrons. The summed E-state index contributed by atoms with van der Waals surface area (Å²) < 4.78 is 42.1. The average Bonchev–Trinajstić information content (AvgIpc) is 2.21. The number of carboxylic acids is 1. The van der Waals surface area contributed by atoms with Crippen LogP contribution < -0.4 is 5.32 Å². The van der Waals surface area contributed by atoms with Crippen molar-refractivity contribution >= 4 is 11.9 Å². The number of nitrogens with one attached hydrogen (secondary N) is 1. The number of carboxylic acid groups (broad SMARTS) is 1. The van der Waals surface area contributed by atoms with Gasteiger partial charge in [-0.2, -0.15) is 13.2 Å². The van der Waals surface area contributed by atoms with Gasteiger partial charge in [0.25, 0.3) is 0 Å². The highest BCUT2D eigenvalue weighted by Gasteiger charge is 2.48. The summed E-state index contributed by atoms with van der Waals surface area (Å²) in [6.07, 6.45) is -5.60. The lowest BCUT2D eigenvalue weighted by atomic mass is 9.74. The van der Waals surface area contributed by atoms with E-state index in [2.05, 4.69) is 0 Å². The van der Waals surface area contributed by atoms with Crippen LogP contribution in [0.5, 0.6) is 0 Å². The van der Waals surface area contributed by atoms with E-state index < -0.39 is 41.7 Å². The lowest BCUT2D eigenvalue weighted by Crippen LogP contribution is -2.60. The van der Waals surface area contributed by atoms with Crippen molar-refractivity contribution in [2.45, 2.75) is 57.5 Å². The molecule has 0 aliphatic heterocycles. The van der Waals surface area contributed by atoms with E-state index in [0.29, 0.717) is 0 Å². The molecule has 1 amide bonds.